The molecule has 1 N–H and O–H groups in total. The predicted molar refractivity (Wildman–Crippen MR) is 105 cm³/mol. The van der Waals surface area contributed by atoms with E-state index in [1.165, 1.54) is 12.1 Å². The Hall–Kier alpha value is -3.10. The third-order valence-corrected chi connectivity index (χ3v) is 5.44. The number of nitro groups is 1. The van der Waals surface area contributed by atoms with Crippen molar-refractivity contribution in [2.75, 3.05) is 0 Å². The minimum absolute atomic E-state index is 0.0668. The number of amides is 2. The highest BCUT2D eigenvalue weighted by molar-refractivity contribution is 9.10. The van der Waals surface area contributed by atoms with Crippen LogP contribution in [-0.4, -0.2) is 26.7 Å². The lowest BCUT2D eigenvalue weighted by atomic mass is 9.92. The normalized spacial score (nSPS) is 13.3. The van der Waals surface area contributed by atoms with Gasteiger partial charge in [-0.15, -0.1) is 0 Å². The number of nitro benzene ring substituents is 1. The van der Waals surface area contributed by atoms with Crippen molar-refractivity contribution in [2.24, 2.45) is 0 Å². The molecule has 0 spiro atoms. The van der Waals surface area contributed by atoms with Gasteiger partial charge in [-0.25, -0.2) is 0 Å². The number of rotatable bonds is 4. The van der Waals surface area contributed by atoms with E-state index in [9.17, 15) is 19.7 Å². The summed E-state index contributed by atoms with van der Waals surface area (Å²) in [5.74, 6) is -0.997. The van der Waals surface area contributed by atoms with E-state index < -0.39 is 16.7 Å². The van der Waals surface area contributed by atoms with Crippen molar-refractivity contribution < 1.29 is 19.6 Å². The molecule has 0 saturated heterocycles. The molecule has 7 nitrogen and oxygen atoms in total. The van der Waals surface area contributed by atoms with Crippen LogP contribution in [0.15, 0.2) is 53.0 Å². The molecule has 0 radical (unpaired) electrons. The fraction of sp³-hybridized carbons (Fsp3) is 0.100. The lowest BCUT2D eigenvalue weighted by Crippen LogP contribution is -2.39. The Morgan fingerprint density at radius 2 is 1.46 bits per heavy atom. The number of benzene rings is 3. The van der Waals surface area contributed by atoms with Gasteiger partial charge in [0.15, 0.2) is 0 Å². The van der Waals surface area contributed by atoms with Crippen LogP contribution in [0.4, 0.5) is 5.69 Å². The van der Waals surface area contributed by atoms with Crippen molar-refractivity contribution in [3.05, 3.63) is 85.4 Å². The lowest BCUT2D eigenvalue weighted by Gasteiger charge is -2.27. The molecular weight excluding hydrogens is 428 g/mol. The Bertz CT molecular complexity index is 1140. The number of aliphatic hydroxyl groups is 1. The SMILES string of the molecule is O=C1c2ccc(Br)c3c([N+](=O)[O-])ccc(c23)C(=O)N1Cc1ccc(CO)cc1. The molecule has 0 unspecified atom stereocenters. The standard InChI is InChI=1S/C20H13BrN2O5/c21-15-7-5-13-17-14(6-8-16(18(15)17)23(27)28)20(26)22(19(13)25)9-11-1-3-12(10-24)4-2-11/h1-8,24H,9-10H2. The second kappa shape index (κ2) is 6.81. The number of carbonyl (C=O) groups excluding carboxylic acids is 2. The number of hydrogen-bond acceptors (Lipinski definition) is 5. The monoisotopic (exact) mass is 440 g/mol. The fourth-order valence-electron chi connectivity index (χ4n) is 3.40. The molecule has 1 heterocycles. The Kier molecular flexibility index (Phi) is 4.44. The first-order chi connectivity index (χ1) is 13.4. The average molecular weight is 441 g/mol. The largest absolute Gasteiger partial charge is 0.392 e. The molecule has 8 heteroatoms. The molecule has 0 aromatic heterocycles. The molecule has 3 aromatic rings. The fourth-order valence-corrected chi connectivity index (χ4v) is 3.94. The third kappa shape index (κ3) is 2.78. The summed E-state index contributed by atoms with van der Waals surface area (Å²) in [7, 11) is 0. The molecule has 4 rings (SSSR count). The Labute approximate surface area is 167 Å². The van der Waals surface area contributed by atoms with E-state index in [4.69, 9.17) is 5.11 Å². The number of non-ortho nitro benzene ring substituents is 1. The predicted octanol–water partition coefficient (Wildman–Crippen LogP) is 3.80. The third-order valence-electron chi connectivity index (χ3n) is 4.78. The number of nitrogens with zero attached hydrogens (tertiary/aromatic N) is 2. The van der Waals surface area contributed by atoms with Crippen LogP contribution < -0.4 is 0 Å². The molecule has 0 saturated carbocycles. The first-order valence-electron chi connectivity index (χ1n) is 8.37. The molecule has 1 aliphatic rings. The van der Waals surface area contributed by atoms with Gasteiger partial charge in [0.25, 0.3) is 17.5 Å². The van der Waals surface area contributed by atoms with Gasteiger partial charge >= 0.3 is 0 Å². The quantitative estimate of drug-likeness (QED) is 0.377. The van der Waals surface area contributed by atoms with Crippen LogP contribution in [0.25, 0.3) is 10.8 Å². The minimum atomic E-state index is -0.530. The van der Waals surface area contributed by atoms with Gasteiger partial charge in [0, 0.05) is 27.1 Å². The van der Waals surface area contributed by atoms with Crippen LogP contribution >= 0.6 is 15.9 Å². The van der Waals surface area contributed by atoms with Gasteiger partial charge in [0.05, 0.1) is 23.5 Å². The van der Waals surface area contributed by atoms with Gasteiger partial charge in [-0.1, -0.05) is 24.3 Å². The van der Waals surface area contributed by atoms with Crippen LogP contribution in [0.5, 0.6) is 0 Å². The van der Waals surface area contributed by atoms with Crippen molar-refractivity contribution in [1.29, 1.82) is 0 Å². The zero-order valence-electron chi connectivity index (χ0n) is 14.4. The molecular formula is C20H13BrN2O5. The van der Waals surface area contributed by atoms with Crippen molar-refractivity contribution in [3.8, 4) is 0 Å². The second-order valence-corrected chi connectivity index (χ2v) is 7.26. The molecule has 0 atom stereocenters. The van der Waals surface area contributed by atoms with Crippen LogP contribution in [-0.2, 0) is 13.2 Å². The summed E-state index contributed by atoms with van der Waals surface area (Å²) >= 11 is 3.30. The van der Waals surface area contributed by atoms with Gasteiger partial charge in [-0.05, 0) is 45.3 Å². The maximum Gasteiger partial charge on any atom is 0.278 e. The number of hydrogen-bond donors (Lipinski definition) is 1. The first-order valence-corrected chi connectivity index (χ1v) is 9.16. The molecule has 0 bridgehead atoms. The van der Waals surface area contributed by atoms with E-state index in [0.29, 0.717) is 9.86 Å². The van der Waals surface area contributed by atoms with E-state index in [-0.39, 0.29) is 35.4 Å². The van der Waals surface area contributed by atoms with Crippen LogP contribution in [0.2, 0.25) is 0 Å². The summed E-state index contributed by atoms with van der Waals surface area (Å²) in [5, 5.41) is 21.1. The summed E-state index contributed by atoms with van der Waals surface area (Å²) in [4.78, 5) is 38.0. The lowest BCUT2D eigenvalue weighted by molar-refractivity contribution is -0.383. The smallest absolute Gasteiger partial charge is 0.278 e. The molecule has 0 fully saturated rings. The van der Waals surface area contributed by atoms with Gasteiger partial charge in [0.1, 0.15) is 0 Å². The summed E-state index contributed by atoms with van der Waals surface area (Å²) in [5.41, 5.74) is 1.80. The highest BCUT2D eigenvalue weighted by atomic mass is 79.9. The van der Waals surface area contributed by atoms with Gasteiger partial charge in [-0.2, -0.15) is 0 Å². The van der Waals surface area contributed by atoms with Crippen molar-refractivity contribution >= 4 is 44.2 Å². The summed E-state index contributed by atoms with van der Waals surface area (Å²) in [6.45, 7) is -0.0255. The van der Waals surface area contributed by atoms with E-state index in [0.717, 1.165) is 16.0 Å². The zero-order valence-corrected chi connectivity index (χ0v) is 16.0. The Balaban J connectivity index is 1.84. The Morgan fingerprint density at radius 1 is 0.893 bits per heavy atom. The number of imide groups is 1. The van der Waals surface area contributed by atoms with Gasteiger partial charge in [0.2, 0.25) is 0 Å². The maximum atomic E-state index is 13.0. The number of carbonyl (C=O) groups is 2. The summed E-state index contributed by atoms with van der Waals surface area (Å²) < 4.78 is 0.452. The van der Waals surface area contributed by atoms with Crippen LogP contribution in [0.3, 0.4) is 0 Å². The molecule has 28 heavy (non-hydrogen) atoms. The van der Waals surface area contributed by atoms with Crippen LogP contribution in [0, 0.1) is 10.1 Å². The van der Waals surface area contributed by atoms with Gasteiger partial charge < -0.3 is 5.11 Å². The van der Waals surface area contributed by atoms with Crippen molar-refractivity contribution in [3.63, 3.8) is 0 Å². The highest BCUT2D eigenvalue weighted by Gasteiger charge is 2.35. The summed E-state index contributed by atoms with van der Waals surface area (Å²) in [6, 6.07) is 12.8. The van der Waals surface area contributed by atoms with E-state index in [2.05, 4.69) is 15.9 Å². The minimum Gasteiger partial charge on any atom is -0.392 e. The Morgan fingerprint density at radius 3 is 2.04 bits per heavy atom. The van der Waals surface area contributed by atoms with E-state index in [1.54, 1.807) is 36.4 Å². The molecule has 0 aliphatic carbocycles. The number of halogens is 1. The van der Waals surface area contributed by atoms with Crippen molar-refractivity contribution in [1.82, 2.24) is 4.90 Å². The van der Waals surface area contributed by atoms with E-state index >= 15 is 0 Å². The molecule has 2 amide bonds. The molecule has 3 aromatic carbocycles. The highest BCUT2D eigenvalue weighted by Crippen LogP contribution is 2.39. The second-order valence-electron chi connectivity index (χ2n) is 6.41. The number of aliphatic hydroxyl groups excluding tert-OH is 1. The molecule has 140 valence electrons. The van der Waals surface area contributed by atoms with Gasteiger partial charge in [-0.3, -0.25) is 24.6 Å². The topological polar surface area (TPSA) is 101 Å². The first kappa shape index (κ1) is 18.3. The van der Waals surface area contributed by atoms with Crippen LogP contribution in [0.1, 0.15) is 31.8 Å². The molecule has 1 aliphatic heterocycles. The zero-order chi connectivity index (χ0) is 20.0. The maximum absolute atomic E-state index is 13.0. The summed E-state index contributed by atoms with van der Waals surface area (Å²) in [6.07, 6.45) is 0. The van der Waals surface area contributed by atoms with Crippen molar-refractivity contribution in [2.45, 2.75) is 13.2 Å². The average Bonchev–Trinajstić information content (AvgIpc) is 2.70. The van der Waals surface area contributed by atoms with E-state index in [1.807, 2.05) is 0 Å².